The van der Waals surface area contributed by atoms with Gasteiger partial charge in [-0.25, -0.2) is 0 Å². The van der Waals surface area contributed by atoms with E-state index in [1.807, 2.05) is 32.0 Å². The molecule has 1 amide bonds. The van der Waals surface area contributed by atoms with Crippen molar-refractivity contribution in [1.29, 1.82) is 0 Å². The molecule has 1 aliphatic heterocycles. The van der Waals surface area contributed by atoms with Crippen LogP contribution in [0.1, 0.15) is 29.5 Å². The molecule has 1 aromatic carbocycles. The van der Waals surface area contributed by atoms with Crippen molar-refractivity contribution in [2.24, 2.45) is 5.41 Å². The summed E-state index contributed by atoms with van der Waals surface area (Å²) in [5, 5.41) is 9.57. The van der Waals surface area contributed by atoms with Crippen molar-refractivity contribution in [2.75, 3.05) is 26.8 Å². The third-order valence-corrected chi connectivity index (χ3v) is 4.65. The second-order valence-corrected chi connectivity index (χ2v) is 6.54. The van der Waals surface area contributed by atoms with Crippen LogP contribution in [0.5, 0.6) is 0 Å². The van der Waals surface area contributed by atoms with Crippen LogP contribution in [-0.2, 0) is 20.7 Å². The zero-order valence-corrected chi connectivity index (χ0v) is 14.1. The Morgan fingerprint density at radius 2 is 2.09 bits per heavy atom. The average molecular weight is 319 g/mol. The Hall–Kier alpha value is -1.88. The summed E-state index contributed by atoms with van der Waals surface area (Å²) in [6.07, 6.45) is 1.55. The fourth-order valence-electron chi connectivity index (χ4n) is 3.24. The topological polar surface area (TPSA) is 66.8 Å². The van der Waals surface area contributed by atoms with Gasteiger partial charge < -0.3 is 14.7 Å². The molecule has 2 rings (SSSR count). The molecule has 1 N–H and O–H groups in total. The zero-order chi connectivity index (χ0) is 17.0. The third-order valence-electron chi connectivity index (χ3n) is 4.65. The summed E-state index contributed by atoms with van der Waals surface area (Å²) in [5.41, 5.74) is 2.23. The van der Waals surface area contributed by atoms with E-state index in [1.54, 1.807) is 4.90 Å². The van der Waals surface area contributed by atoms with E-state index >= 15 is 0 Å². The van der Waals surface area contributed by atoms with E-state index in [4.69, 9.17) is 4.74 Å². The van der Waals surface area contributed by atoms with E-state index in [0.29, 0.717) is 25.8 Å². The number of carboxylic acid groups (broad SMARTS) is 1. The molecule has 1 aliphatic rings. The van der Waals surface area contributed by atoms with Crippen molar-refractivity contribution in [3.05, 3.63) is 34.9 Å². The molecule has 1 atom stereocenters. The number of carboxylic acids is 1. The first-order valence-electron chi connectivity index (χ1n) is 7.94. The molecule has 126 valence electrons. The van der Waals surface area contributed by atoms with Crippen molar-refractivity contribution in [3.63, 3.8) is 0 Å². The van der Waals surface area contributed by atoms with Gasteiger partial charge in [0.05, 0.1) is 13.0 Å². The lowest BCUT2D eigenvalue weighted by atomic mass is 9.80. The van der Waals surface area contributed by atoms with E-state index in [1.165, 1.54) is 7.11 Å². The molecule has 23 heavy (non-hydrogen) atoms. The highest BCUT2D eigenvalue weighted by atomic mass is 16.5. The first-order chi connectivity index (χ1) is 10.9. The quantitative estimate of drug-likeness (QED) is 0.903. The van der Waals surface area contributed by atoms with Crippen molar-refractivity contribution in [3.8, 4) is 0 Å². The van der Waals surface area contributed by atoms with Gasteiger partial charge in [0.1, 0.15) is 5.41 Å². The van der Waals surface area contributed by atoms with Crippen LogP contribution in [0.3, 0.4) is 0 Å². The van der Waals surface area contributed by atoms with Gasteiger partial charge in [-0.05, 0) is 37.8 Å². The van der Waals surface area contributed by atoms with Crippen LogP contribution in [-0.4, -0.2) is 48.7 Å². The number of likely N-dealkylation sites (tertiary alicyclic amines) is 1. The van der Waals surface area contributed by atoms with Gasteiger partial charge in [0.15, 0.2) is 0 Å². The molecule has 0 radical (unpaired) electrons. The SMILES string of the molecule is COCC1(C(=O)O)CCCN(C(=O)Cc2cc(C)ccc2C)C1. The smallest absolute Gasteiger partial charge is 0.313 e. The summed E-state index contributed by atoms with van der Waals surface area (Å²) in [6, 6.07) is 6.07. The Bertz CT molecular complexity index is 595. The van der Waals surface area contributed by atoms with Crippen molar-refractivity contribution in [1.82, 2.24) is 4.90 Å². The fourth-order valence-corrected chi connectivity index (χ4v) is 3.24. The van der Waals surface area contributed by atoms with Gasteiger partial charge in [0.25, 0.3) is 0 Å². The second-order valence-electron chi connectivity index (χ2n) is 6.54. The number of carbonyl (C=O) groups is 2. The van der Waals surface area contributed by atoms with Gasteiger partial charge in [0.2, 0.25) is 5.91 Å². The van der Waals surface area contributed by atoms with E-state index in [0.717, 1.165) is 16.7 Å². The number of rotatable bonds is 5. The molecule has 0 aromatic heterocycles. The third kappa shape index (κ3) is 3.91. The van der Waals surface area contributed by atoms with Crippen molar-refractivity contribution < 1.29 is 19.4 Å². The molecule has 0 saturated carbocycles. The molecule has 0 bridgehead atoms. The monoisotopic (exact) mass is 319 g/mol. The van der Waals surface area contributed by atoms with Crippen LogP contribution in [0.4, 0.5) is 0 Å². The number of aliphatic carboxylic acids is 1. The maximum Gasteiger partial charge on any atom is 0.313 e. The maximum atomic E-state index is 12.6. The van der Waals surface area contributed by atoms with E-state index in [9.17, 15) is 14.7 Å². The van der Waals surface area contributed by atoms with Gasteiger partial charge >= 0.3 is 5.97 Å². The van der Waals surface area contributed by atoms with Crippen LogP contribution in [0.15, 0.2) is 18.2 Å². The van der Waals surface area contributed by atoms with E-state index in [-0.39, 0.29) is 19.1 Å². The number of nitrogens with zero attached hydrogens (tertiary/aromatic N) is 1. The molecule has 1 saturated heterocycles. The van der Waals surface area contributed by atoms with Crippen LogP contribution in [0, 0.1) is 19.3 Å². The summed E-state index contributed by atoms with van der Waals surface area (Å²) in [4.78, 5) is 26.0. The van der Waals surface area contributed by atoms with Gasteiger partial charge in [-0.2, -0.15) is 0 Å². The molecule has 1 aromatic rings. The minimum absolute atomic E-state index is 0.0138. The summed E-state index contributed by atoms with van der Waals surface area (Å²) in [7, 11) is 1.50. The molecule has 1 fully saturated rings. The van der Waals surface area contributed by atoms with Gasteiger partial charge in [-0.15, -0.1) is 0 Å². The Morgan fingerprint density at radius 3 is 2.74 bits per heavy atom. The lowest BCUT2D eigenvalue weighted by molar-refractivity contribution is -0.159. The van der Waals surface area contributed by atoms with Crippen LogP contribution in [0.2, 0.25) is 0 Å². The van der Waals surface area contributed by atoms with Crippen molar-refractivity contribution >= 4 is 11.9 Å². The number of methoxy groups -OCH3 is 1. The largest absolute Gasteiger partial charge is 0.481 e. The highest BCUT2D eigenvalue weighted by molar-refractivity contribution is 5.81. The molecule has 5 nitrogen and oxygen atoms in total. The van der Waals surface area contributed by atoms with Gasteiger partial charge in [-0.1, -0.05) is 23.8 Å². The minimum Gasteiger partial charge on any atom is -0.481 e. The predicted octanol–water partition coefficient (Wildman–Crippen LogP) is 2.19. The normalized spacial score (nSPS) is 21.3. The Kier molecular flexibility index (Phi) is 5.42. The van der Waals surface area contributed by atoms with Crippen LogP contribution in [0.25, 0.3) is 0 Å². The number of benzene rings is 1. The van der Waals surface area contributed by atoms with Gasteiger partial charge in [0, 0.05) is 20.2 Å². The first-order valence-corrected chi connectivity index (χ1v) is 7.94. The fraction of sp³-hybridized carbons (Fsp3) is 0.556. The molecular formula is C18H25NO4. The van der Waals surface area contributed by atoms with E-state index < -0.39 is 11.4 Å². The number of hydrogen-bond donors (Lipinski definition) is 1. The average Bonchev–Trinajstić information content (AvgIpc) is 2.51. The number of ether oxygens (including phenoxy) is 1. The van der Waals surface area contributed by atoms with Gasteiger partial charge in [-0.3, -0.25) is 9.59 Å². The standard InChI is InChI=1S/C18H25NO4/c1-13-5-6-14(2)15(9-13)10-16(20)19-8-4-7-18(11-19,12-23-3)17(21)22/h5-6,9H,4,7-8,10-12H2,1-3H3,(H,21,22). The Balaban J connectivity index is 2.13. The number of hydrogen-bond acceptors (Lipinski definition) is 3. The first kappa shape index (κ1) is 17.5. The number of carbonyl (C=O) groups excluding carboxylic acids is 1. The summed E-state index contributed by atoms with van der Waals surface area (Å²) >= 11 is 0. The summed E-state index contributed by atoms with van der Waals surface area (Å²) in [5.74, 6) is -0.899. The Morgan fingerprint density at radius 1 is 1.35 bits per heavy atom. The molecule has 1 unspecified atom stereocenters. The van der Waals surface area contributed by atoms with Crippen LogP contribution >= 0.6 is 0 Å². The maximum absolute atomic E-state index is 12.6. The molecule has 5 heteroatoms. The molecule has 0 aliphatic carbocycles. The number of piperidine rings is 1. The lowest BCUT2D eigenvalue weighted by Crippen LogP contribution is -2.52. The molecule has 0 spiro atoms. The predicted molar refractivity (Wildman–Crippen MR) is 87.4 cm³/mol. The lowest BCUT2D eigenvalue weighted by Gasteiger charge is -2.39. The molecular weight excluding hydrogens is 294 g/mol. The highest BCUT2D eigenvalue weighted by Gasteiger charge is 2.43. The summed E-state index contributed by atoms with van der Waals surface area (Å²) < 4.78 is 5.11. The zero-order valence-electron chi connectivity index (χ0n) is 14.1. The van der Waals surface area contributed by atoms with Crippen LogP contribution < -0.4 is 0 Å². The van der Waals surface area contributed by atoms with Crippen molar-refractivity contribution in [2.45, 2.75) is 33.1 Å². The second kappa shape index (κ2) is 7.13. The van der Waals surface area contributed by atoms with E-state index in [2.05, 4.69) is 0 Å². The minimum atomic E-state index is -0.982. The molecule has 1 heterocycles. The number of amides is 1. The Labute approximate surface area is 137 Å². The highest BCUT2D eigenvalue weighted by Crippen LogP contribution is 2.31. The summed E-state index contributed by atoms with van der Waals surface area (Å²) in [6.45, 7) is 4.96. The number of aryl methyl sites for hydroxylation is 2.